The zero-order chi connectivity index (χ0) is 7.84. The fourth-order valence-corrected chi connectivity index (χ4v) is 2.88. The molecule has 0 saturated carbocycles. The van der Waals surface area contributed by atoms with E-state index in [2.05, 4.69) is 12.3 Å². The number of thiophene rings is 1. The van der Waals surface area contributed by atoms with Gasteiger partial charge in [0.25, 0.3) is 0 Å². The number of rotatable bonds is 0. The van der Waals surface area contributed by atoms with Crippen LogP contribution in [0.5, 0.6) is 0 Å². The van der Waals surface area contributed by atoms with E-state index in [9.17, 15) is 0 Å². The Hall–Kier alpha value is -0.340. The average molecular weight is 167 g/mol. The summed E-state index contributed by atoms with van der Waals surface area (Å²) in [4.78, 5) is 1.53. The Morgan fingerprint density at radius 1 is 1.64 bits per heavy atom. The molecule has 0 bridgehead atoms. The number of nitrogens with two attached hydrogens (primary N) is 1. The van der Waals surface area contributed by atoms with Crippen LogP contribution in [0.4, 0.5) is 0 Å². The molecule has 1 aliphatic carbocycles. The molecule has 2 rings (SSSR count). The summed E-state index contributed by atoms with van der Waals surface area (Å²) < 4.78 is 0. The Morgan fingerprint density at radius 3 is 3.27 bits per heavy atom. The van der Waals surface area contributed by atoms with E-state index in [1.165, 1.54) is 23.3 Å². The first kappa shape index (κ1) is 7.32. The van der Waals surface area contributed by atoms with Gasteiger partial charge in [-0.3, -0.25) is 0 Å². The van der Waals surface area contributed by atoms with Crippen LogP contribution in [0.15, 0.2) is 5.38 Å². The SMILES string of the molecule is Cc1csc2c1CC[C@H](N)C2. The predicted octanol–water partition coefficient (Wildman–Crippen LogP) is 1.87. The van der Waals surface area contributed by atoms with Crippen LogP contribution in [0.2, 0.25) is 0 Å². The second-order valence-corrected chi connectivity index (χ2v) is 4.29. The summed E-state index contributed by atoms with van der Waals surface area (Å²) in [6, 6.07) is 0.417. The summed E-state index contributed by atoms with van der Waals surface area (Å²) in [5.74, 6) is 0. The van der Waals surface area contributed by atoms with E-state index in [1.54, 1.807) is 5.56 Å². The first-order valence-electron chi connectivity index (χ1n) is 4.09. The van der Waals surface area contributed by atoms with Gasteiger partial charge in [-0.15, -0.1) is 11.3 Å². The molecule has 0 radical (unpaired) electrons. The minimum Gasteiger partial charge on any atom is -0.327 e. The van der Waals surface area contributed by atoms with Crippen molar-refractivity contribution in [3.05, 3.63) is 21.4 Å². The molecule has 0 spiro atoms. The van der Waals surface area contributed by atoms with E-state index in [4.69, 9.17) is 5.73 Å². The number of hydrogen-bond acceptors (Lipinski definition) is 2. The van der Waals surface area contributed by atoms with Crippen molar-refractivity contribution in [3.63, 3.8) is 0 Å². The molecule has 1 aliphatic rings. The van der Waals surface area contributed by atoms with Gasteiger partial charge in [0, 0.05) is 10.9 Å². The highest BCUT2D eigenvalue weighted by Crippen LogP contribution is 2.28. The molecule has 1 nitrogen and oxygen atoms in total. The molecule has 2 N–H and O–H groups in total. The van der Waals surface area contributed by atoms with Gasteiger partial charge < -0.3 is 5.73 Å². The van der Waals surface area contributed by atoms with Crippen LogP contribution in [0.3, 0.4) is 0 Å². The van der Waals surface area contributed by atoms with Crippen LogP contribution >= 0.6 is 11.3 Å². The summed E-state index contributed by atoms with van der Waals surface area (Å²) in [6.45, 7) is 2.20. The van der Waals surface area contributed by atoms with Crippen molar-refractivity contribution in [2.45, 2.75) is 32.2 Å². The van der Waals surface area contributed by atoms with Crippen LogP contribution in [-0.4, -0.2) is 6.04 Å². The van der Waals surface area contributed by atoms with Crippen LogP contribution in [0.1, 0.15) is 22.4 Å². The summed E-state index contributed by atoms with van der Waals surface area (Å²) in [5.41, 5.74) is 8.92. The van der Waals surface area contributed by atoms with E-state index in [-0.39, 0.29) is 0 Å². The first-order valence-corrected chi connectivity index (χ1v) is 4.97. The second kappa shape index (κ2) is 2.61. The highest BCUT2D eigenvalue weighted by atomic mass is 32.1. The molecule has 0 aromatic carbocycles. The Kier molecular flexibility index (Phi) is 1.74. The maximum Gasteiger partial charge on any atom is 0.00953 e. The van der Waals surface area contributed by atoms with Gasteiger partial charge in [0.05, 0.1) is 0 Å². The van der Waals surface area contributed by atoms with Gasteiger partial charge in [-0.1, -0.05) is 0 Å². The lowest BCUT2D eigenvalue weighted by Gasteiger charge is -2.18. The van der Waals surface area contributed by atoms with E-state index in [0.717, 1.165) is 6.42 Å². The zero-order valence-electron chi connectivity index (χ0n) is 6.76. The van der Waals surface area contributed by atoms with Crippen molar-refractivity contribution in [3.8, 4) is 0 Å². The Bertz CT molecular complexity index is 265. The lowest BCUT2D eigenvalue weighted by atomic mass is 9.93. The monoisotopic (exact) mass is 167 g/mol. The smallest absolute Gasteiger partial charge is 0.00953 e. The quantitative estimate of drug-likeness (QED) is 0.627. The average Bonchev–Trinajstić information content (AvgIpc) is 2.32. The minimum absolute atomic E-state index is 0.417. The van der Waals surface area contributed by atoms with E-state index < -0.39 is 0 Å². The normalized spacial score (nSPS) is 23.3. The number of hydrogen-bond donors (Lipinski definition) is 1. The van der Waals surface area contributed by atoms with Gasteiger partial charge in [0.15, 0.2) is 0 Å². The maximum absolute atomic E-state index is 5.87. The van der Waals surface area contributed by atoms with Gasteiger partial charge in [-0.2, -0.15) is 0 Å². The molecule has 0 saturated heterocycles. The largest absolute Gasteiger partial charge is 0.327 e. The summed E-state index contributed by atoms with van der Waals surface area (Å²) in [7, 11) is 0. The molecule has 1 atom stereocenters. The van der Waals surface area contributed by atoms with Gasteiger partial charge in [0.1, 0.15) is 0 Å². The highest BCUT2D eigenvalue weighted by molar-refractivity contribution is 7.10. The van der Waals surface area contributed by atoms with E-state index >= 15 is 0 Å². The number of fused-ring (bicyclic) bond motifs is 1. The molecule has 1 aromatic rings. The van der Waals surface area contributed by atoms with Crippen molar-refractivity contribution >= 4 is 11.3 Å². The van der Waals surface area contributed by atoms with Gasteiger partial charge in [-0.05, 0) is 42.7 Å². The molecule has 0 unspecified atom stereocenters. The first-order chi connectivity index (χ1) is 5.27. The van der Waals surface area contributed by atoms with E-state index in [1.807, 2.05) is 11.3 Å². The highest BCUT2D eigenvalue weighted by Gasteiger charge is 2.17. The second-order valence-electron chi connectivity index (χ2n) is 3.32. The third-order valence-electron chi connectivity index (χ3n) is 2.40. The van der Waals surface area contributed by atoms with Crippen LogP contribution in [-0.2, 0) is 12.8 Å². The Labute approximate surface area is 71.2 Å². The summed E-state index contributed by atoms with van der Waals surface area (Å²) in [5, 5.41) is 2.25. The van der Waals surface area contributed by atoms with Crippen LogP contribution in [0, 0.1) is 6.92 Å². The molecular weight excluding hydrogens is 154 g/mol. The van der Waals surface area contributed by atoms with Crippen LogP contribution < -0.4 is 5.73 Å². The predicted molar refractivity (Wildman–Crippen MR) is 49.1 cm³/mol. The maximum atomic E-state index is 5.87. The van der Waals surface area contributed by atoms with Crippen molar-refractivity contribution in [1.82, 2.24) is 0 Å². The molecule has 60 valence electrons. The van der Waals surface area contributed by atoms with Crippen molar-refractivity contribution < 1.29 is 0 Å². The molecule has 1 heterocycles. The lowest BCUT2D eigenvalue weighted by molar-refractivity contribution is 0.583. The van der Waals surface area contributed by atoms with Crippen molar-refractivity contribution in [2.75, 3.05) is 0 Å². The molecule has 2 heteroatoms. The lowest BCUT2D eigenvalue weighted by Crippen LogP contribution is -2.26. The molecule has 1 aromatic heterocycles. The van der Waals surface area contributed by atoms with Crippen LogP contribution in [0.25, 0.3) is 0 Å². The van der Waals surface area contributed by atoms with Gasteiger partial charge in [-0.25, -0.2) is 0 Å². The van der Waals surface area contributed by atoms with Gasteiger partial charge >= 0.3 is 0 Å². The van der Waals surface area contributed by atoms with Crippen molar-refractivity contribution in [1.29, 1.82) is 0 Å². The molecule has 0 amide bonds. The minimum atomic E-state index is 0.417. The summed E-state index contributed by atoms with van der Waals surface area (Å²) >= 11 is 1.88. The Balaban J connectivity index is 2.36. The molecule has 0 aliphatic heterocycles. The standard InChI is InChI=1S/C9H13NS/c1-6-5-11-9-4-7(10)2-3-8(6)9/h5,7H,2-4,10H2,1H3/t7-/m0/s1. The topological polar surface area (TPSA) is 26.0 Å². The molecular formula is C9H13NS. The van der Waals surface area contributed by atoms with Crippen molar-refractivity contribution in [2.24, 2.45) is 5.73 Å². The summed E-state index contributed by atoms with van der Waals surface area (Å²) in [6.07, 6.45) is 3.48. The zero-order valence-corrected chi connectivity index (χ0v) is 7.58. The fraction of sp³-hybridized carbons (Fsp3) is 0.556. The van der Waals surface area contributed by atoms with Gasteiger partial charge in [0.2, 0.25) is 0 Å². The number of aryl methyl sites for hydroxylation is 1. The van der Waals surface area contributed by atoms with E-state index in [0.29, 0.717) is 6.04 Å². The molecule has 11 heavy (non-hydrogen) atoms. The fourth-order valence-electron chi connectivity index (χ4n) is 1.70. The third kappa shape index (κ3) is 1.21. The molecule has 0 fully saturated rings. The Morgan fingerprint density at radius 2 is 2.45 bits per heavy atom. The third-order valence-corrected chi connectivity index (χ3v) is 3.57.